The minimum Gasteiger partial charge on any atom is -0.506 e. The molecule has 0 bridgehead atoms. The number of carboxylic acids is 1. The van der Waals surface area contributed by atoms with Gasteiger partial charge in [-0.2, -0.15) is 0 Å². The maximum absolute atomic E-state index is 12.5. The number of rotatable bonds is 9. The third-order valence-electron chi connectivity index (χ3n) is 5.11. The van der Waals surface area contributed by atoms with Crippen molar-refractivity contribution in [2.45, 2.75) is 17.9 Å². The second kappa shape index (κ2) is 10.8. The summed E-state index contributed by atoms with van der Waals surface area (Å²) in [5, 5.41) is 19.4. The summed E-state index contributed by atoms with van der Waals surface area (Å²) < 4.78 is 11.2. The van der Waals surface area contributed by atoms with Gasteiger partial charge in [0.15, 0.2) is 0 Å². The largest absolute Gasteiger partial charge is 0.506 e. The summed E-state index contributed by atoms with van der Waals surface area (Å²) in [6.07, 6.45) is 0.775. The van der Waals surface area contributed by atoms with Crippen molar-refractivity contribution in [3.63, 3.8) is 0 Å². The highest BCUT2D eigenvalue weighted by atomic mass is 32.2. The van der Waals surface area contributed by atoms with E-state index < -0.39 is 11.6 Å². The number of aryl methyl sites for hydroxylation is 1. The number of aromatic carboxylic acids is 1. The highest BCUT2D eigenvalue weighted by Gasteiger charge is 2.13. The summed E-state index contributed by atoms with van der Waals surface area (Å²) in [6, 6.07) is 24.8. The van der Waals surface area contributed by atoms with E-state index in [0.717, 1.165) is 17.5 Å². The zero-order valence-electron chi connectivity index (χ0n) is 18.1. The molecule has 1 aromatic heterocycles. The average molecular weight is 475 g/mol. The molecule has 34 heavy (non-hydrogen) atoms. The fourth-order valence-electron chi connectivity index (χ4n) is 3.29. The van der Waals surface area contributed by atoms with Gasteiger partial charge in [-0.3, -0.25) is 0 Å². The van der Waals surface area contributed by atoms with E-state index >= 15 is 0 Å². The van der Waals surface area contributed by atoms with Crippen LogP contribution in [-0.4, -0.2) is 21.9 Å². The van der Waals surface area contributed by atoms with Gasteiger partial charge in [0.2, 0.25) is 0 Å². The lowest BCUT2D eigenvalue weighted by Crippen LogP contribution is -2.04. The van der Waals surface area contributed by atoms with Gasteiger partial charge in [0.25, 0.3) is 0 Å². The molecule has 0 saturated carbocycles. The molecule has 0 aliphatic heterocycles. The van der Waals surface area contributed by atoms with E-state index in [2.05, 4.69) is 0 Å². The summed E-state index contributed by atoms with van der Waals surface area (Å²) in [5.41, 5.74) is 2.28. The topological polar surface area (TPSA) is 97.0 Å². The van der Waals surface area contributed by atoms with Crippen molar-refractivity contribution in [1.82, 2.24) is 0 Å². The zero-order valence-corrected chi connectivity index (χ0v) is 19.0. The molecule has 3 aromatic carbocycles. The third kappa shape index (κ3) is 5.88. The number of aromatic hydroxyl groups is 1. The first kappa shape index (κ1) is 23.2. The van der Waals surface area contributed by atoms with E-state index in [1.165, 1.54) is 30.0 Å². The molecular formula is C27H22O6S. The molecule has 0 atom stereocenters. The van der Waals surface area contributed by atoms with Crippen molar-refractivity contribution in [3.05, 3.63) is 112 Å². The lowest BCUT2D eigenvalue weighted by Gasteiger charge is -2.09. The lowest BCUT2D eigenvalue weighted by molar-refractivity contribution is 0.0697. The van der Waals surface area contributed by atoms with Crippen molar-refractivity contribution < 1.29 is 24.2 Å². The van der Waals surface area contributed by atoms with Crippen LogP contribution in [0.4, 0.5) is 0 Å². The molecule has 7 heteroatoms. The summed E-state index contributed by atoms with van der Waals surface area (Å²) in [6.45, 7) is 0.282. The van der Waals surface area contributed by atoms with E-state index in [-0.39, 0.29) is 28.6 Å². The SMILES string of the molecule is O=C(O)c1ccc(COc2ccc(-c3cc(O)c(SCCc4ccccc4)c(=O)o3)cc2)cc1. The Bertz CT molecular complexity index is 1310. The van der Waals surface area contributed by atoms with Crippen LogP contribution in [0.15, 0.2) is 99.0 Å². The van der Waals surface area contributed by atoms with Crippen molar-refractivity contribution in [2.24, 2.45) is 0 Å². The van der Waals surface area contributed by atoms with Crippen LogP contribution in [-0.2, 0) is 13.0 Å². The summed E-state index contributed by atoms with van der Waals surface area (Å²) in [7, 11) is 0. The molecule has 0 amide bonds. The van der Waals surface area contributed by atoms with E-state index in [1.807, 2.05) is 30.3 Å². The Morgan fingerprint density at radius 1 is 0.912 bits per heavy atom. The Morgan fingerprint density at radius 3 is 2.26 bits per heavy atom. The predicted octanol–water partition coefficient (Wildman–Crippen LogP) is 5.62. The third-order valence-corrected chi connectivity index (χ3v) is 6.19. The highest BCUT2D eigenvalue weighted by molar-refractivity contribution is 7.99. The number of benzene rings is 3. The monoisotopic (exact) mass is 474 g/mol. The maximum atomic E-state index is 12.5. The number of thioether (sulfide) groups is 1. The molecule has 2 N–H and O–H groups in total. The van der Waals surface area contributed by atoms with Gasteiger partial charge < -0.3 is 19.4 Å². The standard InChI is InChI=1S/C27H22O6S/c28-23-16-24(33-27(31)25(23)34-15-14-18-4-2-1-3-5-18)20-10-12-22(13-11-20)32-17-19-6-8-21(9-7-19)26(29)30/h1-13,16,28H,14-15,17H2,(H,29,30). The van der Waals surface area contributed by atoms with Crippen LogP contribution in [0.3, 0.4) is 0 Å². The smallest absolute Gasteiger partial charge is 0.353 e. The quantitative estimate of drug-likeness (QED) is 0.304. The van der Waals surface area contributed by atoms with Crippen LogP contribution < -0.4 is 10.4 Å². The minimum absolute atomic E-state index is 0.102. The first-order chi connectivity index (χ1) is 16.5. The van der Waals surface area contributed by atoms with E-state index in [1.54, 1.807) is 36.4 Å². The zero-order chi connectivity index (χ0) is 23.9. The number of hydrogen-bond acceptors (Lipinski definition) is 6. The Labute approximate surface area is 200 Å². The number of hydrogen-bond donors (Lipinski definition) is 2. The summed E-state index contributed by atoms with van der Waals surface area (Å²) in [5.74, 6) is 0.442. The van der Waals surface area contributed by atoms with Crippen LogP contribution >= 0.6 is 11.8 Å². The van der Waals surface area contributed by atoms with Gasteiger partial charge in [0, 0.05) is 17.4 Å². The van der Waals surface area contributed by atoms with Crippen molar-refractivity contribution in [2.75, 3.05) is 5.75 Å². The number of carbonyl (C=O) groups is 1. The first-order valence-electron chi connectivity index (χ1n) is 10.6. The summed E-state index contributed by atoms with van der Waals surface area (Å²) in [4.78, 5) is 23.6. The van der Waals surface area contributed by atoms with Gasteiger partial charge in [0.05, 0.1) is 5.56 Å². The maximum Gasteiger partial charge on any atom is 0.353 e. The van der Waals surface area contributed by atoms with Crippen LogP contribution in [0.25, 0.3) is 11.3 Å². The molecule has 6 nitrogen and oxygen atoms in total. The van der Waals surface area contributed by atoms with Crippen molar-refractivity contribution in [3.8, 4) is 22.8 Å². The molecule has 0 aliphatic rings. The van der Waals surface area contributed by atoms with Gasteiger partial charge >= 0.3 is 11.6 Å². The fourth-order valence-corrected chi connectivity index (χ4v) is 4.19. The molecule has 0 radical (unpaired) electrons. The highest BCUT2D eigenvalue weighted by Crippen LogP contribution is 2.31. The van der Waals surface area contributed by atoms with Crippen molar-refractivity contribution >= 4 is 17.7 Å². The Morgan fingerprint density at radius 2 is 1.62 bits per heavy atom. The molecule has 4 aromatic rings. The normalized spacial score (nSPS) is 10.7. The van der Waals surface area contributed by atoms with Gasteiger partial charge in [0.1, 0.15) is 28.8 Å². The van der Waals surface area contributed by atoms with Crippen LogP contribution in [0.5, 0.6) is 11.5 Å². The Hall–Kier alpha value is -3.97. The second-order valence-corrected chi connectivity index (χ2v) is 8.62. The average Bonchev–Trinajstić information content (AvgIpc) is 2.85. The Balaban J connectivity index is 1.38. The molecule has 0 spiro atoms. The van der Waals surface area contributed by atoms with Gasteiger partial charge in [-0.1, -0.05) is 42.5 Å². The van der Waals surface area contributed by atoms with E-state index in [4.69, 9.17) is 14.3 Å². The van der Waals surface area contributed by atoms with E-state index in [0.29, 0.717) is 17.1 Å². The second-order valence-electron chi connectivity index (χ2n) is 7.51. The van der Waals surface area contributed by atoms with Crippen molar-refractivity contribution in [1.29, 1.82) is 0 Å². The molecule has 1 heterocycles. The van der Waals surface area contributed by atoms with Gasteiger partial charge in [-0.15, -0.1) is 11.8 Å². The van der Waals surface area contributed by atoms with Gasteiger partial charge in [-0.25, -0.2) is 9.59 Å². The molecule has 0 aliphatic carbocycles. The molecular weight excluding hydrogens is 452 g/mol. The first-order valence-corrected chi connectivity index (χ1v) is 11.6. The molecule has 0 unspecified atom stereocenters. The predicted molar refractivity (Wildman–Crippen MR) is 131 cm³/mol. The molecule has 4 rings (SSSR count). The molecule has 172 valence electrons. The van der Waals surface area contributed by atoms with Crippen LogP contribution in [0.1, 0.15) is 21.5 Å². The number of ether oxygens (including phenoxy) is 1. The van der Waals surface area contributed by atoms with Crippen LogP contribution in [0.2, 0.25) is 0 Å². The molecule has 0 saturated heterocycles. The fraction of sp³-hybridized carbons (Fsp3) is 0.111. The molecule has 0 fully saturated rings. The van der Waals surface area contributed by atoms with Gasteiger partial charge in [-0.05, 0) is 53.9 Å². The van der Waals surface area contributed by atoms with Crippen LogP contribution in [0, 0.1) is 0 Å². The lowest BCUT2D eigenvalue weighted by atomic mass is 10.1. The Kier molecular flexibility index (Phi) is 7.34. The van der Waals surface area contributed by atoms with E-state index in [9.17, 15) is 14.7 Å². The minimum atomic E-state index is -0.973. The summed E-state index contributed by atoms with van der Waals surface area (Å²) >= 11 is 1.27. The number of carboxylic acid groups (broad SMARTS) is 1.